The second-order valence-electron chi connectivity index (χ2n) is 8.26. The number of nitrogens with zero attached hydrogens (tertiary/aromatic N) is 4. The van der Waals surface area contributed by atoms with Crippen molar-refractivity contribution in [2.75, 3.05) is 26.7 Å². The number of likely N-dealkylation sites (tertiary alicyclic amines) is 1. The first-order valence-corrected chi connectivity index (χ1v) is 11.0. The van der Waals surface area contributed by atoms with Crippen molar-refractivity contribution in [2.24, 2.45) is 0 Å². The zero-order valence-corrected chi connectivity index (χ0v) is 18.4. The van der Waals surface area contributed by atoms with E-state index in [-0.39, 0.29) is 11.9 Å². The summed E-state index contributed by atoms with van der Waals surface area (Å²) in [7, 11) is 1.93. The van der Waals surface area contributed by atoms with Crippen LogP contribution in [0.15, 0.2) is 66.9 Å². The van der Waals surface area contributed by atoms with Gasteiger partial charge in [0.15, 0.2) is 0 Å². The summed E-state index contributed by atoms with van der Waals surface area (Å²) < 4.78 is 0. The molecule has 0 saturated carbocycles. The Morgan fingerprint density at radius 2 is 1.77 bits per heavy atom. The number of carbonyl (C=O) groups is 1. The SMILES string of the molecule is Cc1nc(-c2ccccc2)ccc1C(=O)N(C)C1CCN(CCc2ccccn2)CC1. The second-order valence-corrected chi connectivity index (χ2v) is 8.26. The standard InChI is InChI=1S/C26H30N4O/c1-20-24(11-12-25(28-20)21-8-4-3-5-9-21)26(31)29(2)23-14-18-30(19-15-23)17-13-22-10-6-7-16-27-22/h3-12,16,23H,13-15,17-19H2,1-2H3. The fourth-order valence-corrected chi connectivity index (χ4v) is 4.26. The van der Waals surface area contributed by atoms with Crippen LogP contribution in [0.25, 0.3) is 11.3 Å². The van der Waals surface area contributed by atoms with Gasteiger partial charge in [0, 0.05) is 56.6 Å². The minimum Gasteiger partial charge on any atom is -0.339 e. The van der Waals surface area contributed by atoms with Crippen LogP contribution in [0.5, 0.6) is 0 Å². The van der Waals surface area contributed by atoms with Crippen molar-refractivity contribution < 1.29 is 4.79 Å². The van der Waals surface area contributed by atoms with Crippen molar-refractivity contribution in [3.8, 4) is 11.3 Å². The molecule has 1 saturated heterocycles. The van der Waals surface area contributed by atoms with Gasteiger partial charge in [0.25, 0.3) is 5.91 Å². The minimum atomic E-state index is 0.0662. The molecule has 0 aliphatic carbocycles. The summed E-state index contributed by atoms with van der Waals surface area (Å²) in [5.74, 6) is 0.0662. The maximum atomic E-state index is 13.2. The summed E-state index contributed by atoms with van der Waals surface area (Å²) >= 11 is 0. The lowest BCUT2D eigenvalue weighted by molar-refractivity contribution is 0.0642. The van der Waals surface area contributed by atoms with Gasteiger partial charge < -0.3 is 9.80 Å². The Morgan fingerprint density at radius 3 is 2.45 bits per heavy atom. The average Bonchev–Trinajstić information content (AvgIpc) is 2.83. The number of hydrogen-bond donors (Lipinski definition) is 0. The van der Waals surface area contributed by atoms with Crippen molar-refractivity contribution in [3.05, 3.63) is 83.8 Å². The number of aromatic nitrogens is 2. The van der Waals surface area contributed by atoms with E-state index in [1.807, 2.05) is 79.7 Å². The molecule has 0 spiro atoms. The molecule has 0 radical (unpaired) electrons. The van der Waals surface area contributed by atoms with Gasteiger partial charge in [-0.1, -0.05) is 36.4 Å². The van der Waals surface area contributed by atoms with E-state index in [1.165, 1.54) is 0 Å². The van der Waals surface area contributed by atoms with Crippen molar-refractivity contribution in [1.29, 1.82) is 0 Å². The highest BCUT2D eigenvalue weighted by Gasteiger charge is 2.27. The number of pyridine rings is 2. The fourth-order valence-electron chi connectivity index (χ4n) is 4.26. The van der Waals surface area contributed by atoms with E-state index >= 15 is 0 Å². The van der Waals surface area contributed by atoms with Gasteiger partial charge in [-0.05, 0) is 44.0 Å². The van der Waals surface area contributed by atoms with Crippen molar-refractivity contribution in [2.45, 2.75) is 32.2 Å². The number of rotatable bonds is 6. The number of piperidine rings is 1. The molecule has 0 atom stereocenters. The Kier molecular flexibility index (Phi) is 6.73. The molecule has 5 nitrogen and oxygen atoms in total. The van der Waals surface area contributed by atoms with Crippen LogP contribution in [0.3, 0.4) is 0 Å². The van der Waals surface area contributed by atoms with E-state index in [0.717, 1.165) is 61.5 Å². The van der Waals surface area contributed by atoms with Gasteiger partial charge in [-0.2, -0.15) is 0 Å². The highest BCUT2D eigenvalue weighted by Crippen LogP contribution is 2.22. The van der Waals surface area contributed by atoms with Crippen LogP contribution in [0.1, 0.15) is 34.6 Å². The smallest absolute Gasteiger partial charge is 0.255 e. The predicted octanol–water partition coefficient (Wildman–Crippen LogP) is 4.23. The minimum absolute atomic E-state index is 0.0662. The molecule has 1 fully saturated rings. The zero-order valence-electron chi connectivity index (χ0n) is 18.4. The molecular formula is C26H30N4O. The van der Waals surface area contributed by atoms with Crippen LogP contribution >= 0.6 is 0 Å². The third-order valence-corrected chi connectivity index (χ3v) is 6.22. The average molecular weight is 415 g/mol. The molecule has 0 unspecified atom stereocenters. The Labute approximate surface area is 184 Å². The number of carbonyl (C=O) groups excluding carboxylic acids is 1. The van der Waals surface area contributed by atoms with Crippen molar-refractivity contribution in [1.82, 2.24) is 19.8 Å². The molecule has 31 heavy (non-hydrogen) atoms. The molecule has 1 amide bonds. The van der Waals surface area contributed by atoms with Crippen LogP contribution < -0.4 is 0 Å². The maximum Gasteiger partial charge on any atom is 0.255 e. The molecule has 5 heteroatoms. The number of hydrogen-bond acceptors (Lipinski definition) is 4. The lowest BCUT2D eigenvalue weighted by Crippen LogP contribution is -2.46. The van der Waals surface area contributed by atoms with E-state index in [1.54, 1.807) is 0 Å². The highest BCUT2D eigenvalue weighted by atomic mass is 16.2. The van der Waals surface area contributed by atoms with Gasteiger partial charge >= 0.3 is 0 Å². The third kappa shape index (κ3) is 5.17. The summed E-state index contributed by atoms with van der Waals surface area (Å²) in [5.41, 5.74) is 4.58. The van der Waals surface area contributed by atoms with Gasteiger partial charge in [0.1, 0.15) is 0 Å². The van der Waals surface area contributed by atoms with E-state index in [9.17, 15) is 4.79 Å². The topological polar surface area (TPSA) is 49.3 Å². The van der Waals surface area contributed by atoms with Crippen LogP contribution in [0.4, 0.5) is 0 Å². The first-order valence-electron chi connectivity index (χ1n) is 11.0. The maximum absolute atomic E-state index is 13.2. The summed E-state index contributed by atoms with van der Waals surface area (Å²) in [6.45, 7) is 4.97. The van der Waals surface area contributed by atoms with Gasteiger partial charge in [0.05, 0.1) is 17.0 Å². The second kappa shape index (κ2) is 9.84. The first-order chi connectivity index (χ1) is 15.1. The Balaban J connectivity index is 1.33. The fraction of sp³-hybridized carbons (Fsp3) is 0.346. The van der Waals surface area contributed by atoms with Crippen LogP contribution in [0.2, 0.25) is 0 Å². The summed E-state index contributed by atoms with van der Waals surface area (Å²) in [5, 5.41) is 0. The van der Waals surface area contributed by atoms with E-state index in [0.29, 0.717) is 5.56 Å². The van der Waals surface area contributed by atoms with Gasteiger partial charge in [-0.25, -0.2) is 0 Å². The van der Waals surface area contributed by atoms with Gasteiger partial charge in [-0.3, -0.25) is 14.8 Å². The molecule has 0 N–H and O–H groups in total. The van der Waals surface area contributed by atoms with E-state index < -0.39 is 0 Å². The quantitative estimate of drug-likeness (QED) is 0.606. The molecule has 1 aliphatic rings. The number of benzene rings is 1. The molecule has 3 heterocycles. The Morgan fingerprint density at radius 1 is 1.03 bits per heavy atom. The molecular weight excluding hydrogens is 384 g/mol. The van der Waals surface area contributed by atoms with E-state index in [4.69, 9.17) is 4.98 Å². The number of amides is 1. The van der Waals surface area contributed by atoms with E-state index in [2.05, 4.69) is 16.0 Å². The van der Waals surface area contributed by atoms with Crippen LogP contribution in [-0.2, 0) is 6.42 Å². The van der Waals surface area contributed by atoms with Crippen LogP contribution in [0, 0.1) is 6.92 Å². The molecule has 160 valence electrons. The largest absolute Gasteiger partial charge is 0.339 e. The summed E-state index contributed by atoms with van der Waals surface area (Å²) in [6, 6.07) is 20.3. The van der Waals surface area contributed by atoms with Crippen molar-refractivity contribution in [3.63, 3.8) is 0 Å². The highest BCUT2D eigenvalue weighted by molar-refractivity contribution is 5.95. The molecule has 1 aliphatic heterocycles. The summed E-state index contributed by atoms with van der Waals surface area (Å²) in [4.78, 5) is 26.7. The normalized spacial score (nSPS) is 15.0. The third-order valence-electron chi connectivity index (χ3n) is 6.22. The van der Waals surface area contributed by atoms with Gasteiger partial charge in [0.2, 0.25) is 0 Å². The van der Waals surface area contributed by atoms with Gasteiger partial charge in [-0.15, -0.1) is 0 Å². The molecule has 1 aromatic carbocycles. The molecule has 3 aromatic rings. The van der Waals surface area contributed by atoms with Crippen molar-refractivity contribution >= 4 is 5.91 Å². The number of aryl methyl sites for hydroxylation is 1. The lowest BCUT2D eigenvalue weighted by Gasteiger charge is -2.37. The molecule has 2 aromatic heterocycles. The Hall–Kier alpha value is -3.05. The first kappa shape index (κ1) is 21.2. The predicted molar refractivity (Wildman–Crippen MR) is 124 cm³/mol. The monoisotopic (exact) mass is 414 g/mol. The summed E-state index contributed by atoms with van der Waals surface area (Å²) in [6.07, 6.45) is 4.82. The Bertz CT molecular complexity index is 998. The van der Waals surface area contributed by atoms with Crippen LogP contribution in [-0.4, -0.2) is 58.4 Å². The molecule has 0 bridgehead atoms. The zero-order chi connectivity index (χ0) is 21.6. The molecule has 4 rings (SSSR count). The lowest BCUT2D eigenvalue weighted by atomic mass is 10.0.